The minimum Gasteiger partial charge on any atom is -0.335 e. The Hall–Kier alpha value is -1.89. The average Bonchev–Trinajstić information content (AvgIpc) is 2.29. The largest absolute Gasteiger partial charge is 0.335 e. The predicted molar refractivity (Wildman–Crippen MR) is 66.2 cm³/mol. The molecule has 0 saturated carbocycles. The highest BCUT2D eigenvalue weighted by Crippen LogP contribution is 2.19. The van der Waals surface area contributed by atoms with Crippen LogP contribution in [0.1, 0.15) is 6.42 Å². The Bertz CT molecular complexity index is 484. The lowest BCUT2D eigenvalue weighted by molar-refractivity contribution is -0.384. The predicted octanol–water partition coefficient (Wildman–Crippen LogP) is 2.03. The molecule has 0 saturated heterocycles. The molecular formula is C10H9N3O3S. The van der Waals surface area contributed by atoms with Gasteiger partial charge in [0.2, 0.25) is 5.91 Å². The normalized spacial score (nSPS) is 15.3. The lowest BCUT2D eigenvalue weighted by atomic mass is 10.3. The number of hydrogen-bond acceptors (Lipinski definition) is 5. The van der Waals surface area contributed by atoms with Gasteiger partial charge in [-0.15, -0.1) is 0 Å². The Labute approximate surface area is 101 Å². The number of nitrogens with zero attached hydrogens (tertiary/aromatic N) is 2. The van der Waals surface area contributed by atoms with E-state index < -0.39 is 4.92 Å². The molecule has 0 bridgehead atoms. The second-order valence-electron chi connectivity index (χ2n) is 3.34. The minimum atomic E-state index is -0.458. The molecule has 0 spiro atoms. The third-order valence-electron chi connectivity index (χ3n) is 2.11. The van der Waals surface area contributed by atoms with Gasteiger partial charge >= 0.3 is 0 Å². The zero-order valence-electron chi connectivity index (χ0n) is 8.75. The quantitative estimate of drug-likeness (QED) is 0.642. The van der Waals surface area contributed by atoms with E-state index in [1.54, 1.807) is 12.1 Å². The van der Waals surface area contributed by atoms with E-state index in [-0.39, 0.29) is 11.6 Å². The first kappa shape index (κ1) is 11.6. The summed E-state index contributed by atoms with van der Waals surface area (Å²) in [6.45, 7) is 0. The second-order valence-corrected chi connectivity index (χ2v) is 4.42. The van der Waals surface area contributed by atoms with Crippen molar-refractivity contribution < 1.29 is 9.72 Å². The van der Waals surface area contributed by atoms with E-state index in [0.717, 1.165) is 0 Å². The summed E-state index contributed by atoms with van der Waals surface area (Å²) in [6, 6.07) is 5.97. The first-order valence-electron chi connectivity index (χ1n) is 4.91. The fourth-order valence-electron chi connectivity index (χ4n) is 1.29. The van der Waals surface area contributed by atoms with Crippen LogP contribution >= 0.6 is 11.8 Å². The Morgan fingerprint density at radius 1 is 1.35 bits per heavy atom. The Balaban J connectivity index is 2.08. The number of benzene rings is 1. The molecule has 1 aliphatic rings. The molecule has 0 aliphatic carbocycles. The smallest absolute Gasteiger partial charge is 0.269 e. The highest BCUT2D eigenvalue weighted by Gasteiger charge is 2.12. The number of nitrogens with one attached hydrogen (secondary N) is 1. The van der Waals surface area contributed by atoms with Crippen molar-refractivity contribution in [3.63, 3.8) is 0 Å². The zero-order valence-corrected chi connectivity index (χ0v) is 9.57. The Morgan fingerprint density at radius 2 is 2.06 bits per heavy atom. The molecule has 0 aromatic heterocycles. The molecule has 0 atom stereocenters. The third-order valence-corrected chi connectivity index (χ3v) is 2.99. The Kier molecular flexibility index (Phi) is 3.38. The molecule has 1 N–H and O–H groups in total. The van der Waals surface area contributed by atoms with Crippen LogP contribution in [0.25, 0.3) is 0 Å². The summed E-state index contributed by atoms with van der Waals surface area (Å²) < 4.78 is 0. The van der Waals surface area contributed by atoms with Crippen LogP contribution in [0.4, 0.5) is 11.4 Å². The van der Waals surface area contributed by atoms with Crippen molar-refractivity contribution in [2.24, 2.45) is 4.99 Å². The van der Waals surface area contributed by atoms with E-state index in [4.69, 9.17) is 0 Å². The topological polar surface area (TPSA) is 84.6 Å². The molecule has 7 heteroatoms. The molecule has 1 aliphatic heterocycles. The highest BCUT2D eigenvalue weighted by atomic mass is 32.2. The third kappa shape index (κ3) is 3.04. The summed E-state index contributed by atoms with van der Waals surface area (Å²) in [5, 5.41) is 13.9. The van der Waals surface area contributed by atoms with Crippen molar-refractivity contribution in [3.8, 4) is 0 Å². The second kappa shape index (κ2) is 4.96. The van der Waals surface area contributed by atoms with Crippen molar-refractivity contribution in [3.05, 3.63) is 34.4 Å². The van der Waals surface area contributed by atoms with Crippen LogP contribution < -0.4 is 5.32 Å². The number of amidine groups is 1. The van der Waals surface area contributed by atoms with E-state index in [9.17, 15) is 14.9 Å². The number of rotatable bonds is 2. The average molecular weight is 251 g/mol. The van der Waals surface area contributed by atoms with Gasteiger partial charge in [0.1, 0.15) is 0 Å². The van der Waals surface area contributed by atoms with E-state index in [1.807, 2.05) is 0 Å². The number of nitro benzene ring substituents is 1. The number of amides is 1. The van der Waals surface area contributed by atoms with Gasteiger partial charge < -0.3 is 5.32 Å². The number of carbonyl (C=O) groups excluding carboxylic acids is 1. The first-order valence-corrected chi connectivity index (χ1v) is 5.89. The van der Waals surface area contributed by atoms with Crippen molar-refractivity contribution in [2.75, 3.05) is 11.1 Å². The lowest BCUT2D eigenvalue weighted by Crippen LogP contribution is -2.16. The summed E-state index contributed by atoms with van der Waals surface area (Å²) in [5.41, 5.74) is 0.710. The summed E-state index contributed by atoms with van der Waals surface area (Å²) in [7, 11) is 0. The maximum Gasteiger partial charge on any atom is 0.269 e. The molecule has 1 heterocycles. The van der Waals surface area contributed by atoms with Crippen molar-refractivity contribution in [1.29, 1.82) is 0 Å². The maximum absolute atomic E-state index is 11.1. The van der Waals surface area contributed by atoms with Crippen LogP contribution in [0.2, 0.25) is 0 Å². The number of non-ortho nitro benzene ring substituents is 1. The van der Waals surface area contributed by atoms with Gasteiger partial charge in [-0.05, 0) is 12.1 Å². The highest BCUT2D eigenvalue weighted by molar-refractivity contribution is 8.14. The fraction of sp³-hybridized carbons (Fsp3) is 0.200. The summed E-state index contributed by atoms with van der Waals surface area (Å²) >= 11 is 1.46. The van der Waals surface area contributed by atoms with Crippen LogP contribution in [0, 0.1) is 10.1 Å². The van der Waals surface area contributed by atoms with E-state index in [2.05, 4.69) is 10.3 Å². The van der Waals surface area contributed by atoms with Gasteiger partial charge in [-0.3, -0.25) is 14.9 Å². The van der Waals surface area contributed by atoms with Gasteiger partial charge in [-0.1, -0.05) is 11.8 Å². The number of nitro groups is 1. The fourth-order valence-corrected chi connectivity index (χ4v) is 2.12. The lowest BCUT2D eigenvalue weighted by Gasteiger charge is -2.11. The summed E-state index contributed by atoms with van der Waals surface area (Å²) in [5.74, 6) is 0.561. The van der Waals surface area contributed by atoms with Gasteiger partial charge in [-0.25, -0.2) is 0 Å². The van der Waals surface area contributed by atoms with Crippen LogP contribution in [0.15, 0.2) is 29.3 Å². The first-order chi connectivity index (χ1) is 8.15. The number of hydrogen-bond donors (Lipinski definition) is 1. The van der Waals surface area contributed by atoms with E-state index >= 15 is 0 Å². The monoisotopic (exact) mass is 251 g/mol. The molecule has 17 heavy (non-hydrogen) atoms. The molecule has 0 unspecified atom stereocenters. The van der Waals surface area contributed by atoms with E-state index in [0.29, 0.717) is 23.0 Å². The summed E-state index contributed by atoms with van der Waals surface area (Å²) in [4.78, 5) is 24.9. The van der Waals surface area contributed by atoms with Crippen molar-refractivity contribution >= 4 is 34.2 Å². The maximum atomic E-state index is 11.1. The van der Waals surface area contributed by atoms with Gasteiger partial charge in [0.05, 0.1) is 4.92 Å². The van der Waals surface area contributed by atoms with Crippen LogP contribution in [0.5, 0.6) is 0 Å². The van der Waals surface area contributed by atoms with Crippen LogP contribution in [-0.2, 0) is 4.79 Å². The number of thioether (sulfide) groups is 1. The molecule has 0 fully saturated rings. The molecular weight excluding hydrogens is 242 g/mol. The van der Waals surface area contributed by atoms with Gasteiger partial charge in [0.25, 0.3) is 5.69 Å². The minimum absolute atomic E-state index is 0.0323. The Morgan fingerprint density at radius 3 is 2.65 bits per heavy atom. The molecule has 0 radical (unpaired) electrons. The van der Waals surface area contributed by atoms with Crippen molar-refractivity contribution in [2.45, 2.75) is 6.42 Å². The molecule has 2 rings (SSSR count). The van der Waals surface area contributed by atoms with Crippen molar-refractivity contribution in [1.82, 2.24) is 0 Å². The van der Waals surface area contributed by atoms with Crippen LogP contribution in [0.3, 0.4) is 0 Å². The molecule has 1 aromatic carbocycles. The molecule has 1 aromatic rings. The van der Waals surface area contributed by atoms with Gasteiger partial charge in [0, 0.05) is 30.0 Å². The van der Waals surface area contributed by atoms with E-state index in [1.165, 1.54) is 23.9 Å². The molecule has 1 amide bonds. The zero-order chi connectivity index (χ0) is 12.3. The standard InChI is InChI=1S/C10H9N3O3S/c14-9-5-6-17-10(12-9)11-7-1-3-8(4-2-7)13(15)16/h1-4H,5-6H2,(H,11,12,14). The summed E-state index contributed by atoms with van der Waals surface area (Å²) in [6.07, 6.45) is 0.454. The molecule has 6 nitrogen and oxygen atoms in total. The molecule has 88 valence electrons. The van der Waals surface area contributed by atoms with Crippen LogP contribution in [-0.4, -0.2) is 21.8 Å². The number of aliphatic imine (C=N–C) groups is 1. The number of carbonyl (C=O) groups is 1. The SMILES string of the molecule is O=C1CCSC(Nc2ccc([N+](=O)[O-])cc2)=N1. The van der Waals surface area contributed by atoms with Gasteiger partial charge in [0.15, 0.2) is 5.17 Å². The van der Waals surface area contributed by atoms with Gasteiger partial charge in [-0.2, -0.15) is 4.99 Å². The number of anilines is 1.